The van der Waals surface area contributed by atoms with Crippen LogP contribution in [-0.4, -0.2) is 160 Å². The van der Waals surface area contributed by atoms with Crippen molar-refractivity contribution in [1.29, 1.82) is 0 Å². The van der Waals surface area contributed by atoms with E-state index in [1.165, 1.54) is 5.69 Å². The summed E-state index contributed by atoms with van der Waals surface area (Å²) in [5, 5.41) is 13.4. The molecule has 2 aromatic heterocycles. The molecule has 0 bridgehead atoms. The molecular weight excluding hydrogens is 853 g/mol. The van der Waals surface area contributed by atoms with Crippen molar-refractivity contribution in [3.63, 3.8) is 0 Å². The predicted molar refractivity (Wildman–Crippen MR) is 255 cm³/mol. The van der Waals surface area contributed by atoms with E-state index in [1.54, 1.807) is 24.7 Å². The molecule has 4 aliphatic heterocycles. The third-order valence-corrected chi connectivity index (χ3v) is 14.6. The number of amides is 4. The van der Waals surface area contributed by atoms with Gasteiger partial charge in [0.15, 0.2) is 0 Å². The Balaban J connectivity index is 0.684. The van der Waals surface area contributed by atoms with Gasteiger partial charge in [-0.1, -0.05) is 12.1 Å². The minimum atomic E-state index is -0.440. The molecule has 3 aromatic rings. The fourth-order valence-corrected chi connectivity index (χ4v) is 10.6. The number of rotatable bonds is 16. The molecule has 18 nitrogen and oxygen atoms in total. The molecule has 6 heterocycles. The number of aryl methyl sites for hydroxylation is 2. The second-order valence-electron chi connectivity index (χ2n) is 19.1. The average molecular weight is 923 g/mol. The van der Waals surface area contributed by atoms with E-state index >= 15 is 0 Å². The van der Waals surface area contributed by atoms with Crippen molar-refractivity contribution in [2.75, 3.05) is 94.1 Å². The number of likely N-dealkylation sites (tertiary alicyclic amines) is 1. The van der Waals surface area contributed by atoms with Crippen molar-refractivity contribution in [1.82, 2.24) is 44.7 Å². The molecule has 0 spiro atoms. The number of anilines is 4. The highest BCUT2D eigenvalue weighted by atomic mass is 16.5. The predicted octanol–water partition coefficient (Wildman–Crippen LogP) is 4.45. The van der Waals surface area contributed by atoms with E-state index < -0.39 is 5.97 Å². The molecule has 1 saturated carbocycles. The summed E-state index contributed by atoms with van der Waals surface area (Å²) in [6, 6.07) is 8.86. The Kier molecular flexibility index (Phi) is 16.0. The molecule has 18 heteroatoms. The zero-order valence-electron chi connectivity index (χ0n) is 39.7. The van der Waals surface area contributed by atoms with Crippen molar-refractivity contribution >= 4 is 52.7 Å². The van der Waals surface area contributed by atoms with E-state index in [-0.39, 0.29) is 42.2 Å². The molecule has 8 rings (SSSR count). The van der Waals surface area contributed by atoms with E-state index in [9.17, 15) is 24.0 Å². The highest BCUT2D eigenvalue weighted by Gasteiger charge is 2.32. The van der Waals surface area contributed by atoms with Gasteiger partial charge in [-0.15, -0.1) is 0 Å². The molecule has 0 radical (unpaired) electrons. The smallest absolute Gasteiger partial charge is 0.343 e. The first kappa shape index (κ1) is 47.9. The van der Waals surface area contributed by atoms with Crippen LogP contribution in [0.4, 0.5) is 23.1 Å². The lowest BCUT2D eigenvalue weighted by atomic mass is 9.89. The summed E-state index contributed by atoms with van der Waals surface area (Å²) < 4.78 is 7.06. The SMILES string of the molecule is CCOC(=O)c1c(C)nc(Nc2cnn(C)c2)nc1NC1CCC(N2CCN(C(=O)CCCC(=O)N3CCC(CCN4CCN(c5ccc(C6CCC(=O)NC6=O)cc5)CC4)CC3)CC2)CC1. The number of hydrogen-bond acceptors (Lipinski definition) is 14. The van der Waals surface area contributed by atoms with Crippen molar-refractivity contribution in [2.24, 2.45) is 13.0 Å². The molecule has 5 fully saturated rings. The molecule has 1 unspecified atom stereocenters. The van der Waals surface area contributed by atoms with Gasteiger partial charge in [0.05, 0.1) is 30.1 Å². The Morgan fingerprint density at radius 1 is 0.821 bits per heavy atom. The third kappa shape index (κ3) is 12.5. The van der Waals surface area contributed by atoms with E-state index in [1.807, 2.05) is 35.2 Å². The summed E-state index contributed by atoms with van der Waals surface area (Å²) in [4.78, 5) is 84.0. The number of hydrogen-bond donors (Lipinski definition) is 3. The lowest BCUT2D eigenvalue weighted by Crippen LogP contribution is -2.53. The minimum absolute atomic E-state index is 0.148. The highest BCUT2D eigenvalue weighted by Crippen LogP contribution is 2.31. The number of nitrogens with one attached hydrogen (secondary N) is 3. The van der Waals surface area contributed by atoms with E-state index in [0.29, 0.717) is 80.2 Å². The number of piperazine rings is 2. The van der Waals surface area contributed by atoms with Crippen LogP contribution < -0.4 is 20.9 Å². The molecule has 362 valence electrons. The first-order valence-electron chi connectivity index (χ1n) is 24.8. The second kappa shape index (κ2) is 22.5. The van der Waals surface area contributed by atoms with Crippen LogP contribution in [0.25, 0.3) is 0 Å². The number of imide groups is 1. The van der Waals surface area contributed by atoms with E-state index in [2.05, 4.69) is 52.9 Å². The van der Waals surface area contributed by atoms with Gasteiger partial charge in [-0.3, -0.25) is 39.0 Å². The number of nitrogens with zero attached hydrogens (tertiary/aromatic N) is 9. The lowest BCUT2D eigenvalue weighted by molar-refractivity contribution is -0.136. The topological polar surface area (TPSA) is 190 Å². The largest absolute Gasteiger partial charge is 0.462 e. The standard InChI is InChI=1S/C49H70N12O6/c1-4-67-48(66)45-34(2)51-49(53-38-32-50-56(3)33-38)55-46(45)52-37-10-14-40(15-11-37)59-28-30-61(31-29-59)44(64)7-5-6-43(63)60-22-19-35(20-23-60)18-21-57-24-26-58(27-25-57)39-12-8-36(9-13-39)41-16-17-42(62)54-47(41)65/h8-9,12-13,32-33,35,37,40-41H,4-7,10-11,14-31H2,1-3H3,(H,54,62,65)(H2,51,52,53,55). The van der Waals surface area contributed by atoms with Crippen LogP contribution in [0, 0.1) is 12.8 Å². The number of carbonyl (C=O) groups is 5. The molecule has 4 saturated heterocycles. The van der Waals surface area contributed by atoms with Crippen LogP contribution in [-0.2, 0) is 31.0 Å². The van der Waals surface area contributed by atoms with Gasteiger partial charge in [-0.2, -0.15) is 10.1 Å². The molecule has 4 amide bonds. The number of aromatic nitrogens is 4. The Labute approximate surface area is 394 Å². The Morgan fingerprint density at radius 2 is 1.51 bits per heavy atom. The summed E-state index contributed by atoms with van der Waals surface area (Å²) in [5.41, 5.74) is 3.79. The number of piperidine rings is 2. The maximum absolute atomic E-state index is 13.2. The Bertz CT molecular complexity index is 2190. The maximum Gasteiger partial charge on any atom is 0.343 e. The van der Waals surface area contributed by atoms with E-state index in [0.717, 1.165) is 115 Å². The van der Waals surface area contributed by atoms with Gasteiger partial charge in [0.25, 0.3) is 0 Å². The van der Waals surface area contributed by atoms with Crippen LogP contribution >= 0.6 is 0 Å². The summed E-state index contributed by atoms with van der Waals surface area (Å²) in [6.45, 7) is 13.6. The molecule has 3 N–H and O–H groups in total. The number of carbonyl (C=O) groups excluding carboxylic acids is 5. The van der Waals surface area contributed by atoms with Gasteiger partial charge in [0, 0.05) is 116 Å². The fourth-order valence-electron chi connectivity index (χ4n) is 10.6. The fraction of sp³-hybridized carbons (Fsp3) is 0.633. The van der Waals surface area contributed by atoms with Gasteiger partial charge < -0.3 is 30.1 Å². The molecule has 1 atom stereocenters. The van der Waals surface area contributed by atoms with Crippen molar-refractivity contribution in [3.05, 3.63) is 53.5 Å². The van der Waals surface area contributed by atoms with Crippen LogP contribution in [0.2, 0.25) is 0 Å². The maximum atomic E-state index is 13.2. The van der Waals surface area contributed by atoms with E-state index in [4.69, 9.17) is 9.72 Å². The molecule has 67 heavy (non-hydrogen) atoms. The second-order valence-corrected chi connectivity index (χ2v) is 19.1. The number of ether oxygens (including phenoxy) is 1. The summed E-state index contributed by atoms with van der Waals surface area (Å²) in [7, 11) is 1.84. The van der Waals surface area contributed by atoms with Crippen LogP contribution in [0.15, 0.2) is 36.7 Å². The average Bonchev–Trinajstić information content (AvgIpc) is 3.75. The normalized spacial score (nSPS) is 22.4. The Morgan fingerprint density at radius 3 is 2.15 bits per heavy atom. The van der Waals surface area contributed by atoms with Gasteiger partial charge in [-0.05, 0) is 102 Å². The van der Waals surface area contributed by atoms with Crippen LogP contribution in [0.5, 0.6) is 0 Å². The highest BCUT2D eigenvalue weighted by molar-refractivity contribution is 6.01. The number of benzene rings is 1. The zero-order valence-corrected chi connectivity index (χ0v) is 39.7. The zero-order chi connectivity index (χ0) is 46.9. The molecule has 1 aromatic carbocycles. The molecular formula is C49H70N12O6. The van der Waals surface area contributed by atoms with Crippen molar-refractivity contribution < 1.29 is 28.7 Å². The third-order valence-electron chi connectivity index (χ3n) is 14.6. The van der Waals surface area contributed by atoms with Gasteiger partial charge in [0.2, 0.25) is 29.6 Å². The lowest BCUT2D eigenvalue weighted by Gasteiger charge is -2.42. The van der Waals surface area contributed by atoms with Crippen molar-refractivity contribution in [2.45, 2.75) is 109 Å². The van der Waals surface area contributed by atoms with Crippen LogP contribution in [0.3, 0.4) is 0 Å². The molecule has 5 aliphatic rings. The monoisotopic (exact) mass is 923 g/mol. The van der Waals surface area contributed by atoms with Gasteiger partial charge in [0.1, 0.15) is 11.4 Å². The molecule has 1 aliphatic carbocycles. The first-order chi connectivity index (χ1) is 32.5. The van der Waals surface area contributed by atoms with Crippen molar-refractivity contribution in [3.8, 4) is 0 Å². The summed E-state index contributed by atoms with van der Waals surface area (Å²) in [6.07, 6.45) is 13.0. The minimum Gasteiger partial charge on any atom is -0.462 e. The quantitative estimate of drug-likeness (QED) is 0.135. The van der Waals surface area contributed by atoms with Crippen LogP contribution in [0.1, 0.15) is 112 Å². The van der Waals surface area contributed by atoms with Gasteiger partial charge in [-0.25, -0.2) is 9.78 Å². The summed E-state index contributed by atoms with van der Waals surface area (Å²) in [5.74, 6) is 0.741. The number of esters is 1. The Hall–Kier alpha value is -5.62. The van der Waals surface area contributed by atoms with Gasteiger partial charge >= 0.3 is 5.97 Å². The summed E-state index contributed by atoms with van der Waals surface area (Å²) >= 11 is 0. The first-order valence-corrected chi connectivity index (χ1v) is 24.8.